The molecule has 0 aliphatic heterocycles. The Morgan fingerprint density at radius 1 is 0.675 bits per heavy atom. The van der Waals surface area contributed by atoms with Crippen LogP contribution in [0.4, 0.5) is 0 Å². The van der Waals surface area contributed by atoms with Crippen molar-refractivity contribution in [2.24, 2.45) is 17.8 Å². The zero-order valence-electron chi connectivity index (χ0n) is 27.3. The van der Waals surface area contributed by atoms with Gasteiger partial charge in [-0.3, -0.25) is 4.79 Å². The summed E-state index contributed by atoms with van der Waals surface area (Å²) in [4.78, 5) is 12.3. The monoisotopic (exact) mass is 566 g/mol. The van der Waals surface area contributed by atoms with Crippen LogP contribution < -0.4 is 5.32 Å². The lowest BCUT2D eigenvalue weighted by Crippen LogP contribution is -2.27. The molecule has 4 nitrogen and oxygen atoms in total. The fourth-order valence-electron chi connectivity index (χ4n) is 6.01. The van der Waals surface area contributed by atoms with E-state index in [1.54, 1.807) is 0 Å². The SMILES string of the molecule is C=CCCCCCCCCCCCCCCCCC(CCC(=O)NCCCC(C)C[C@@H](C)CCCCC)C(O)O. The molecule has 4 heteroatoms. The molecule has 40 heavy (non-hydrogen) atoms. The van der Waals surface area contributed by atoms with Crippen molar-refractivity contribution in [1.82, 2.24) is 5.32 Å². The normalized spacial score (nSPS) is 13.8. The number of rotatable bonds is 31. The van der Waals surface area contributed by atoms with Crippen LogP contribution in [0.15, 0.2) is 12.7 Å². The van der Waals surface area contributed by atoms with E-state index in [9.17, 15) is 15.0 Å². The number of unbranched alkanes of at least 4 members (excludes halogenated alkanes) is 16. The molecule has 0 spiro atoms. The highest BCUT2D eigenvalue weighted by atomic mass is 16.5. The quantitative estimate of drug-likeness (QED) is 0.0445. The second kappa shape index (κ2) is 29.6. The first-order valence-corrected chi connectivity index (χ1v) is 17.6. The highest BCUT2D eigenvalue weighted by Crippen LogP contribution is 2.22. The van der Waals surface area contributed by atoms with E-state index >= 15 is 0 Å². The molecule has 3 N–H and O–H groups in total. The van der Waals surface area contributed by atoms with Gasteiger partial charge in [-0.2, -0.15) is 0 Å². The predicted octanol–water partition coefficient (Wildman–Crippen LogP) is 10.3. The number of aliphatic hydroxyl groups is 2. The van der Waals surface area contributed by atoms with Crippen LogP contribution in [0.25, 0.3) is 0 Å². The van der Waals surface area contributed by atoms with E-state index in [-0.39, 0.29) is 11.8 Å². The minimum Gasteiger partial charge on any atom is -0.368 e. The molecule has 1 amide bonds. The minimum absolute atomic E-state index is 0.0507. The third-order valence-electron chi connectivity index (χ3n) is 8.70. The summed E-state index contributed by atoms with van der Waals surface area (Å²) in [7, 11) is 0. The lowest BCUT2D eigenvalue weighted by atomic mass is 9.90. The molecule has 0 aromatic rings. The zero-order valence-corrected chi connectivity index (χ0v) is 27.3. The molecular formula is C36H71NO3. The molecule has 0 aliphatic carbocycles. The molecule has 0 aromatic carbocycles. The summed E-state index contributed by atoms with van der Waals surface area (Å²) in [5.74, 6) is 1.36. The van der Waals surface area contributed by atoms with Crippen molar-refractivity contribution < 1.29 is 15.0 Å². The Bertz CT molecular complexity index is 550. The fraction of sp³-hybridized carbons (Fsp3) is 0.917. The Morgan fingerprint density at radius 2 is 1.15 bits per heavy atom. The molecule has 0 aromatic heterocycles. The van der Waals surface area contributed by atoms with Gasteiger partial charge in [-0.25, -0.2) is 0 Å². The van der Waals surface area contributed by atoms with Crippen molar-refractivity contribution in [3.63, 3.8) is 0 Å². The summed E-state index contributed by atoms with van der Waals surface area (Å²) in [6.07, 6.45) is 30.8. The van der Waals surface area contributed by atoms with E-state index in [4.69, 9.17) is 0 Å². The average Bonchev–Trinajstić information content (AvgIpc) is 2.92. The highest BCUT2D eigenvalue weighted by Gasteiger charge is 2.18. The van der Waals surface area contributed by atoms with Gasteiger partial charge in [-0.05, 0) is 56.8 Å². The number of hydrogen-bond acceptors (Lipinski definition) is 3. The van der Waals surface area contributed by atoms with Gasteiger partial charge >= 0.3 is 0 Å². The van der Waals surface area contributed by atoms with Gasteiger partial charge in [0.2, 0.25) is 5.91 Å². The Hall–Kier alpha value is -0.870. The summed E-state index contributed by atoms with van der Waals surface area (Å²) in [5.41, 5.74) is 0. The van der Waals surface area contributed by atoms with E-state index < -0.39 is 6.29 Å². The maximum absolute atomic E-state index is 12.3. The first kappa shape index (κ1) is 39.1. The third-order valence-corrected chi connectivity index (χ3v) is 8.70. The summed E-state index contributed by atoms with van der Waals surface area (Å²) < 4.78 is 0. The van der Waals surface area contributed by atoms with E-state index in [0.717, 1.165) is 44.6 Å². The van der Waals surface area contributed by atoms with Crippen LogP contribution in [0.5, 0.6) is 0 Å². The van der Waals surface area contributed by atoms with Crippen LogP contribution >= 0.6 is 0 Å². The molecule has 0 fully saturated rings. The van der Waals surface area contributed by atoms with Crippen LogP contribution in [0.3, 0.4) is 0 Å². The number of amides is 1. The van der Waals surface area contributed by atoms with Gasteiger partial charge in [0.1, 0.15) is 0 Å². The first-order valence-electron chi connectivity index (χ1n) is 17.6. The largest absolute Gasteiger partial charge is 0.368 e. The summed E-state index contributed by atoms with van der Waals surface area (Å²) in [5, 5.41) is 22.6. The van der Waals surface area contributed by atoms with Crippen LogP contribution in [0.1, 0.15) is 181 Å². The molecule has 0 heterocycles. The molecule has 0 aliphatic rings. The van der Waals surface area contributed by atoms with Crippen LogP contribution in [0, 0.1) is 17.8 Å². The van der Waals surface area contributed by atoms with Crippen molar-refractivity contribution in [2.45, 2.75) is 188 Å². The van der Waals surface area contributed by atoms with E-state index in [1.807, 2.05) is 6.08 Å². The Morgan fingerprint density at radius 3 is 1.65 bits per heavy atom. The fourth-order valence-corrected chi connectivity index (χ4v) is 6.01. The standard InChI is InChI=1S/C36H71NO3/c1-5-7-9-10-11-12-13-14-15-16-17-18-19-20-21-23-27-34(36(39)40)28-29-35(38)37-30-24-26-33(4)31-32(3)25-22-8-6-2/h5,32-34,36,39-40H,1,6-31H2,2-4H3,(H,37,38)/t32-,33?,34?/m0/s1. The molecule has 238 valence electrons. The predicted molar refractivity (Wildman–Crippen MR) is 174 cm³/mol. The van der Waals surface area contributed by atoms with Crippen molar-refractivity contribution in [1.29, 1.82) is 0 Å². The summed E-state index contributed by atoms with van der Waals surface area (Å²) in [6.45, 7) is 11.5. The maximum atomic E-state index is 12.3. The summed E-state index contributed by atoms with van der Waals surface area (Å²) in [6, 6.07) is 0. The lowest BCUT2D eigenvalue weighted by Gasteiger charge is -2.19. The van der Waals surface area contributed by atoms with Gasteiger partial charge < -0.3 is 15.5 Å². The van der Waals surface area contributed by atoms with Crippen LogP contribution in [-0.2, 0) is 4.79 Å². The van der Waals surface area contributed by atoms with Crippen molar-refractivity contribution in [3.8, 4) is 0 Å². The Balaban J connectivity index is 3.66. The molecule has 2 unspecified atom stereocenters. The minimum atomic E-state index is -1.32. The van der Waals surface area contributed by atoms with Gasteiger partial charge in [0.05, 0.1) is 0 Å². The van der Waals surface area contributed by atoms with E-state index in [0.29, 0.717) is 18.8 Å². The topological polar surface area (TPSA) is 69.6 Å². The molecule has 0 rings (SSSR count). The number of hydrogen-bond donors (Lipinski definition) is 3. The lowest BCUT2D eigenvalue weighted by molar-refractivity contribution is -0.123. The van der Waals surface area contributed by atoms with Crippen LogP contribution in [0.2, 0.25) is 0 Å². The zero-order chi connectivity index (χ0) is 29.7. The van der Waals surface area contributed by atoms with Gasteiger partial charge in [0.25, 0.3) is 0 Å². The Kier molecular flexibility index (Phi) is 29.0. The van der Waals surface area contributed by atoms with Crippen molar-refractivity contribution >= 4 is 5.91 Å². The summed E-state index contributed by atoms with van der Waals surface area (Å²) >= 11 is 0. The molecule has 0 bridgehead atoms. The van der Waals surface area contributed by atoms with Crippen LogP contribution in [-0.4, -0.2) is 29.0 Å². The second-order valence-corrected chi connectivity index (χ2v) is 13.0. The number of carbonyl (C=O) groups excluding carboxylic acids is 1. The van der Waals surface area contributed by atoms with Gasteiger partial charge in [-0.1, -0.05) is 136 Å². The molecule has 0 saturated heterocycles. The third kappa shape index (κ3) is 27.3. The number of allylic oxidation sites excluding steroid dienone is 1. The van der Waals surface area contributed by atoms with Gasteiger partial charge in [0, 0.05) is 18.9 Å². The van der Waals surface area contributed by atoms with Gasteiger partial charge in [0.15, 0.2) is 6.29 Å². The number of aliphatic hydroxyl groups excluding tert-OH is 1. The maximum Gasteiger partial charge on any atom is 0.220 e. The molecule has 0 radical (unpaired) electrons. The second-order valence-electron chi connectivity index (χ2n) is 13.0. The molecule has 3 atom stereocenters. The van der Waals surface area contributed by atoms with Crippen molar-refractivity contribution in [2.75, 3.05) is 6.54 Å². The average molecular weight is 566 g/mol. The van der Waals surface area contributed by atoms with E-state index in [1.165, 1.54) is 116 Å². The van der Waals surface area contributed by atoms with Gasteiger partial charge in [-0.15, -0.1) is 6.58 Å². The first-order chi connectivity index (χ1) is 19.4. The Labute approximate surface area is 250 Å². The number of carbonyl (C=O) groups is 1. The van der Waals surface area contributed by atoms with E-state index in [2.05, 4.69) is 32.7 Å². The molecule has 0 saturated carbocycles. The highest BCUT2D eigenvalue weighted by molar-refractivity contribution is 5.75. The number of nitrogens with one attached hydrogen (secondary N) is 1. The molecular weight excluding hydrogens is 494 g/mol. The smallest absolute Gasteiger partial charge is 0.220 e. The van der Waals surface area contributed by atoms with Crippen molar-refractivity contribution in [3.05, 3.63) is 12.7 Å².